The van der Waals surface area contributed by atoms with Gasteiger partial charge in [-0.3, -0.25) is 0 Å². The van der Waals surface area contributed by atoms with Gasteiger partial charge in [-0.2, -0.15) is 0 Å². The zero-order valence-electron chi connectivity index (χ0n) is 14.3. The summed E-state index contributed by atoms with van der Waals surface area (Å²) in [4.78, 5) is 12.7. The van der Waals surface area contributed by atoms with Crippen molar-refractivity contribution in [2.75, 3.05) is 5.73 Å². The number of ether oxygens (including phenoxy) is 2. The summed E-state index contributed by atoms with van der Waals surface area (Å²) in [6, 6.07) is 19.1. The first-order chi connectivity index (χ1) is 12.6. The maximum atomic E-state index is 12.7. The molecule has 26 heavy (non-hydrogen) atoms. The molecule has 0 radical (unpaired) electrons. The van der Waals surface area contributed by atoms with Crippen molar-refractivity contribution in [3.05, 3.63) is 88.5 Å². The van der Waals surface area contributed by atoms with Gasteiger partial charge in [0.15, 0.2) is 5.60 Å². The Morgan fingerprint density at radius 1 is 0.923 bits per heavy atom. The standard InChI is InChI=1S/C22H17NO3/c1-2-13-7-9-15-18(11-13)22(26-21(15)24)16-5-3-4-6-19(16)25-20-12-14(23)8-10-17(20)22/h3-12H,2,23H2,1H3. The van der Waals surface area contributed by atoms with Crippen LogP contribution in [0.2, 0.25) is 0 Å². The van der Waals surface area contributed by atoms with E-state index in [1.54, 1.807) is 6.07 Å². The van der Waals surface area contributed by atoms with Gasteiger partial charge in [-0.1, -0.05) is 37.3 Å². The van der Waals surface area contributed by atoms with E-state index < -0.39 is 5.60 Å². The quantitative estimate of drug-likeness (QED) is 0.525. The highest BCUT2D eigenvalue weighted by Crippen LogP contribution is 2.56. The van der Waals surface area contributed by atoms with Crippen molar-refractivity contribution in [1.82, 2.24) is 0 Å². The molecule has 0 bridgehead atoms. The van der Waals surface area contributed by atoms with Crippen LogP contribution in [0.1, 0.15) is 39.5 Å². The SMILES string of the molecule is CCc1ccc2c(c1)C1(OC2=O)c2ccccc2Oc2cc(N)ccc21. The summed E-state index contributed by atoms with van der Waals surface area (Å²) in [5.74, 6) is 0.974. The maximum Gasteiger partial charge on any atom is 0.340 e. The molecule has 2 heterocycles. The second-order valence-corrected chi connectivity index (χ2v) is 6.66. The Balaban J connectivity index is 1.90. The zero-order chi connectivity index (χ0) is 17.9. The van der Waals surface area contributed by atoms with E-state index in [-0.39, 0.29) is 5.97 Å². The average Bonchev–Trinajstić information content (AvgIpc) is 2.94. The minimum absolute atomic E-state index is 0.317. The highest BCUT2D eigenvalue weighted by Gasteiger charge is 2.53. The Hall–Kier alpha value is -3.27. The summed E-state index contributed by atoms with van der Waals surface area (Å²) in [6.07, 6.45) is 0.879. The van der Waals surface area contributed by atoms with E-state index >= 15 is 0 Å². The highest BCUT2D eigenvalue weighted by atomic mass is 16.6. The third-order valence-corrected chi connectivity index (χ3v) is 5.21. The first-order valence-electron chi connectivity index (χ1n) is 8.67. The lowest BCUT2D eigenvalue weighted by Crippen LogP contribution is -2.33. The number of fused-ring (bicyclic) bond motifs is 6. The van der Waals surface area contributed by atoms with Gasteiger partial charge in [-0.25, -0.2) is 4.79 Å². The number of carbonyl (C=O) groups is 1. The normalized spacial score (nSPS) is 19.3. The Labute approximate surface area is 151 Å². The van der Waals surface area contributed by atoms with E-state index in [1.807, 2.05) is 48.5 Å². The topological polar surface area (TPSA) is 61.5 Å². The molecule has 1 unspecified atom stereocenters. The number of esters is 1. The number of hydrogen-bond acceptors (Lipinski definition) is 4. The first-order valence-corrected chi connectivity index (χ1v) is 8.67. The molecule has 4 nitrogen and oxygen atoms in total. The molecule has 1 atom stereocenters. The Kier molecular flexibility index (Phi) is 2.95. The van der Waals surface area contributed by atoms with Gasteiger partial charge in [0.25, 0.3) is 0 Å². The molecule has 4 heteroatoms. The van der Waals surface area contributed by atoms with Crippen LogP contribution >= 0.6 is 0 Å². The minimum Gasteiger partial charge on any atom is -0.456 e. The number of hydrogen-bond donors (Lipinski definition) is 1. The lowest BCUT2D eigenvalue weighted by molar-refractivity contribution is 0.0224. The van der Waals surface area contributed by atoms with E-state index in [0.29, 0.717) is 22.7 Å². The molecule has 0 amide bonds. The molecule has 0 aliphatic carbocycles. The number of para-hydroxylation sites is 1. The van der Waals surface area contributed by atoms with Gasteiger partial charge in [0.05, 0.1) is 5.56 Å². The van der Waals surface area contributed by atoms with Crippen LogP contribution in [0.25, 0.3) is 0 Å². The zero-order valence-corrected chi connectivity index (χ0v) is 14.3. The number of aryl methyl sites for hydroxylation is 1. The molecule has 2 aliphatic heterocycles. The smallest absolute Gasteiger partial charge is 0.340 e. The summed E-state index contributed by atoms with van der Waals surface area (Å²) in [6.45, 7) is 2.10. The van der Waals surface area contributed by atoms with Crippen LogP contribution in [0.3, 0.4) is 0 Å². The molecule has 0 saturated heterocycles. The van der Waals surface area contributed by atoms with Crippen LogP contribution in [0.4, 0.5) is 5.69 Å². The summed E-state index contributed by atoms with van der Waals surface area (Å²) in [5, 5.41) is 0. The average molecular weight is 343 g/mol. The van der Waals surface area contributed by atoms with Crippen molar-refractivity contribution in [2.45, 2.75) is 18.9 Å². The molecule has 128 valence electrons. The van der Waals surface area contributed by atoms with E-state index in [2.05, 4.69) is 13.0 Å². The van der Waals surface area contributed by atoms with Crippen LogP contribution in [0.15, 0.2) is 60.7 Å². The fourth-order valence-corrected chi connectivity index (χ4v) is 3.95. The van der Waals surface area contributed by atoms with Crippen molar-refractivity contribution in [1.29, 1.82) is 0 Å². The number of anilines is 1. The summed E-state index contributed by atoms with van der Waals surface area (Å²) >= 11 is 0. The summed E-state index contributed by atoms with van der Waals surface area (Å²) < 4.78 is 12.2. The second kappa shape index (κ2) is 5.11. The van der Waals surface area contributed by atoms with Crippen LogP contribution in [-0.2, 0) is 16.8 Å². The van der Waals surface area contributed by atoms with Crippen LogP contribution in [0.5, 0.6) is 11.5 Å². The molecule has 2 N–H and O–H groups in total. The van der Waals surface area contributed by atoms with Gasteiger partial charge in [0, 0.05) is 28.4 Å². The van der Waals surface area contributed by atoms with Crippen LogP contribution in [0, 0.1) is 0 Å². The third kappa shape index (κ3) is 1.81. The Bertz CT molecular complexity index is 1070. The number of carbonyl (C=O) groups excluding carboxylic acids is 1. The van der Waals surface area contributed by atoms with Crippen molar-refractivity contribution < 1.29 is 14.3 Å². The molecular weight excluding hydrogens is 326 g/mol. The predicted molar refractivity (Wildman–Crippen MR) is 98.5 cm³/mol. The Morgan fingerprint density at radius 2 is 1.73 bits per heavy atom. The maximum absolute atomic E-state index is 12.7. The molecule has 0 aromatic heterocycles. The molecule has 3 aromatic carbocycles. The molecule has 1 spiro atoms. The van der Waals surface area contributed by atoms with Gasteiger partial charge in [-0.15, -0.1) is 0 Å². The van der Waals surface area contributed by atoms with Crippen molar-refractivity contribution in [3.8, 4) is 11.5 Å². The number of nitrogen functional groups attached to an aromatic ring is 1. The van der Waals surface area contributed by atoms with E-state index in [0.717, 1.165) is 28.7 Å². The number of benzene rings is 3. The Morgan fingerprint density at radius 3 is 2.58 bits per heavy atom. The largest absolute Gasteiger partial charge is 0.456 e. The highest BCUT2D eigenvalue weighted by molar-refractivity contribution is 5.97. The third-order valence-electron chi connectivity index (χ3n) is 5.21. The molecule has 3 aromatic rings. The second-order valence-electron chi connectivity index (χ2n) is 6.66. The molecule has 0 fully saturated rings. The lowest BCUT2D eigenvalue weighted by atomic mass is 9.77. The van der Waals surface area contributed by atoms with Crippen molar-refractivity contribution in [3.63, 3.8) is 0 Å². The van der Waals surface area contributed by atoms with Gasteiger partial charge >= 0.3 is 5.97 Å². The molecule has 5 rings (SSSR count). The van der Waals surface area contributed by atoms with Gasteiger partial charge in [0.1, 0.15) is 11.5 Å². The van der Waals surface area contributed by atoms with E-state index in [1.165, 1.54) is 0 Å². The van der Waals surface area contributed by atoms with Gasteiger partial charge in [-0.05, 0) is 36.2 Å². The molecule has 0 saturated carbocycles. The lowest BCUT2D eigenvalue weighted by Gasteiger charge is -2.36. The monoisotopic (exact) mass is 343 g/mol. The molecule has 2 aliphatic rings. The van der Waals surface area contributed by atoms with Gasteiger partial charge < -0.3 is 15.2 Å². The summed E-state index contributed by atoms with van der Waals surface area (Å²) in [7, 11) is 0. The number of rotatable bonds is 1. The van der Waals surface area contributed by atoms with E-state index in [4.69, 9.17) is 15.2 Å². The summed E-state index contributed by atoms with van der Waals surface area (Å²) in [5.41, 5.74) is 9.81. The van der Waals surface area contributed by atoms with Gasteiger partial charge in [0.2, 0.25) is 0 Å². The van der Waals surface area contributed by atoms with Crippen molar-refractivity contribution >= 4 is 11.7 Å². The van der Waals surface area contributed by atoms with Crippen molar-refractivity contribution in [2.24, 2.45) is 0 Å². The number of nitrogens with two attached hydrogens (primary N) is 1. The molecular formula is C22H17NO3. The van der Waals surface area contributed by atoms with E-state index in [9.17, 15) is 4.79 Å². The van der Waals surface area contributed by atoms with Crippen LogP contribution in [-0.4, -0.2) is 5.97 Å². The van der Waals surface area contributed by atoms with Crippen LogP contribution < -0.4 is 10.5 Å². The minimum atomic E-state index is -1.00. The predicted octanol–water partition coefficient (Wildman–Crippen LogP) is 4.40. The fraction of sp³-hybridized carbons (Fsp3) is 0.136. The fourth-order valence-electron chi connectivity index (χ4n) is 3.95. The first kappa shape index (κ1) is 15.0.